The van der Waals surface area contributed by atoms with Crippen molar-refractivity contribution in [3.8, 4) is 0 Å². The van der Waals surface area contributed by atoms with Crippen LogP contribution in [0.15, 0.2) is 18.2 Å². The van der Waals surface area contributed by atoms with Crippen LogP contribution in [0, 0.1) is 24.7 Å². The molecule has 27 heavy (non-hydrogen) atoms. The number of hydrogen-bond acceptors (Lipinski definition) is 3. The van der Waals surface area contributed by atoms with Crippen molar-refractivity contribution < 1.29 is 13.2 Å². The van der Waals surface area contributed by atoms with Gasteiger partial charge in [-0.05, 0) is 80.9 Å². The first-order chi connectivity index (χ1) is 12.6. The number of nitrogens with zero attached hydrogens (tertiary/aromatic N) is 1. The third-order valence-corrected chi connectivity index (χ3v) is 7.93. The molecular formula is C20H27ClN2O3S. The summed E-state index contributed by atoms with van der Waals surface area (Å²) in [4.78, 5) is 12.9. The first-order valence-corrected chi connectivity index (χ1v) is 11.9. The number of aryl methyl sites for hydroxylation is 1. The van der Waals surface area contributed by atoms with E-state index in [1.54, 1.807) is 18.2 Å². The molecule has 7 heteroatoms. The van der Waals surface area contributed by atoms with Crippen LogP contribution in [-0.2, 0) is 14.8 Å². The molecule has 4 saturated carbocycles. The Hall–Kier alpha value is -1.27. The van der Waals surface area contributed by atoms with Crippen molar-refractivity contribution in [2.45, 2.75) is 51.0 Å². The minimum atomic E-state index is -3.60. The first-order valence-electron chi connectivity index (χ1n) is 9.68. The molecule has 0 aliphatic heterocycles. The van der Waals surface area contributed by atoms with Gasteiger partial charge in [0.05, 0.1) is 11.9 Å². The number of carbonyl (C=O) groups is 1. The highest BCUT2D eigenvalue weighted by Crippen LogP contribution is 2.55. The summed E-state index contributed by atoms with van der Waals surface area (Å²) in [5.41, 5.74) is 1.11. The van der Waals surface area contributed by atoms with E-state index in [9.17, 15) is 13.2 Å². The lowest BCUT2D eigenvalue weighted by Crippen LogP contribution is -2.61. The summed E-state index contributed by atoms with van der Waals surface area (Å²) in [6.45, 7) is 1.61. The number of halogens is 1. The molecular weight excluding hydrogens is 384 g/mol. The number of rotatable bonds is 5. The molecule has 0 saturated heterocycles. The molecule has 5 nitrogen and oxygen atoms in total. The van der Waals surface area contributed by atoms with Gasteiger partial charge in [-0.3, -0.25) is 9.10 Å². The van der Waals surface area contributed by atoms with E-state index < -0.39 is 10.0 Å². The van der Waals surface area contributed by atoms with Crippen LogP contribution in [0.4, 0.5) is 5.69 Å². The second-order valence-electron chi connectivity index (χ2n) is 8.95. The lowest BCUT2D eigenvalue weighted by molar-refractivity contribution is -0.125. The second-order valence-corrected chi connectivity index (χ2v) is 11.3. The highest BCUT2D eigenvalue weighted by molar-refractivity contribution is 7.92. The summed E-state index contributed by atoms with van der Waals surface area (Å²) in [7, 11) is -3.60. The van der Waals surface area contributed by atoms with Crippen LogP contribution in [-0.4, -0.2) is 32.7 Å². The highest BCUT2D eigenvalue weighted by Gasteiger charge is 2.51. The minimum Gasteiger partial charge on any atom is -0.349 e. The number of hydrogen-bond donors (Lipinski definition) is 1. The van der Waals surface area contributed by atoms with Gasteiger partial charge in [0.1, 0.15) is 6.54 Å². The van der Waals surface area contributed by atoms with Gasteiger partial charge in [0.25, 0.3) is 0 Å². The van der Waals surface area contributed by atoms with E-state index in [1.165, 1.54) is 23.6 Å². The van der Waals surface area contributed by atoms with E-state index in [0.29, 0.717) is 10.7 Å². The fraction of sp³-hybridized carbons (Fsp3) is 0.650. The lowest BCUT2D eigenvalue weighted by atomic mass is 9.53. The molecule has 4 aliphatic carbocycles. The average molecular weight is 411 g/mol. The van der Waals surface area contributed by atoms with Crippen molar-refractivity contribution >= 4 is 33.2 Å². The average Bonchev–Trinajstić information content (AvgIpc) is 2.52. The Bertz CT molecular complexity index is 833. The number of carbonyl (C=O) groups excluding carboxylic acids is 1. The van der Waals surface area contributed by atoms with E-state index in [4.69, 9.17) is 11.6 Å². The van der Waals surface area contributed by atoms with Gasteiger partial charge in [0.2, 0.25) is 15.9 Å². The minimum absolute atomic E-state index is 0.127. The monoisotopic (exact) mass is 410 g/mol. The topological polar surface area (TPSA) is 66.5 Å². The van der Waals surface area contributed by atoms with Crippen LogP contribution in [0.2, 0.25) is 5.02 Å². The third-order valence-electron chi connectivity index (χ3n) is 6.57. The molecule has 4 fully saturated rings. The summed E-state index contributed by atoms with van der Waals surface area (Å²) >= 11 is 6.07. The number of sulfonamides is 1. The predicted molar refractivity (Wildman–Crippen MR) is 107 cm³/mol. The van der Waals surface area contributed by atoms with Crippen LogP contribution >= 0.6 is 11.6 Å². The smallest absolute Gasteiger partial charge is 0.241 e. The molecule has 0 unspecified atom stereocenters. The van der Waals surface area contributed by atoms with Crippen molar-refractivity contribution in [3.05, 3.63) is 28.8 Å². The molecule has 4 bridgehead atoms. The quantitative estimate of drug-likeness (QED) is 0.807. The number of anilines is 1. The molecule has 148 valence electrons. The fourth-order valence-electron chi connectivity index (χ4n) is 5.96. The van der Waals surface area contributed by atoms with Crippen molar-refractivity contribution in [1.29, 1.82) is 0 Å². The Labute approximate surface area is 166 Å². The number of benzene rings is 1. The van der Waals surface area contributed by atoms with Crippen LogP contribution in [0.5, 0.6) is 0 Å². The van der Waals surface area contributed by atoms with Gasteiger partial charge in [0.15, 0.2) is 0 Å². The van der Waals surface area contributed by atoms with Crippen molar-refractivity contribution in [3.63, 3.8) is 0 Å². The molecule has 0 radical (unpaired) electrons. The SMILES string of the molecule is Cc1ccc(Cl)cc1N(CC(=O)NC12CC3CC(CC(C3)C1)C2)S(C)(=O)=O. The van der Waals surface area contributed by atoms with E-state index in [1.807, 2.05) is 6.92 Å². The Morgan fingerprint density at radius 2 is 1.74 bits per heavy atom. The molecule has 0 aromatic heterocycles. The van der Waals surface area contributed by atoms with Crippen molar-refractivity contribution in [2.75, 3.05) is 17.1 Å². The Morgan fingerprint density at radius 3 is 2.26 bits per heavy atom. The van der Waals surface area contributed by atoms with Crippen LogP contribution in [0.3, 0.4) is 0 Å². The zero-order chi connectivity index (χ0) is 19.4. The van der Waals surface area contributed by atoms with Gasteiger partial charge in [-0.2, -0.15) is 0 Å². The molecule has 1 aromatic rings. The van der Waals surface area contributed by atoms with Gasteiger partial charge in [-0.15, -0.1) is 0 Å². The van der Waals surface area contributed by atoms with Gasteiger partial charge >= 0.3 is 0 Å². The fourth-order valence-corrected chi connectivity index (χ4v) is 7.03. The number of nitrogens with one attached hydrogen (secondary N) is 1. The van der Waals surface area contributed by atoms with Crippen LogP contribution in [0.1, 0.15) is 44.1 Å². The first kappa shape index (κ1) is 19.1. The standard InChI is InChI=1S/C20H27ClN2O3S/c1-13-3-4-17(21)8-18(13)23(27(2,25)26)12-19(24)22-20-9-14-5-15(10-20)7-16(6-14)11-20/h3-4,8,14-16H,5-7,9-12H2,1-2H3,(H,22,24). The summed E-state index contributed by atoms with van der Waals surface area (Å²) in [6.07, 6.45) is 8.15. The van der Waals surface area contributed by atoms with Crippen molar-refractivity contribution in [2.24, 2.45) is 17.8 Å². The third kappa shape index (κ3) is 3.83. The summed E-state index contributed by atoms with van der Waals surface area (Å²) in [5, 5.41) is 3.70. The van der Waals surface area contributed by atoms with E-state index in [2.05, 4.69) is 5.32 Å². The highest BCUT2D eigenvalue weighted by atomic mass is 35.5. The molecule has 0 atom stereocenters. The van der Waals surface area contributed by atoms with E-state index in [0.717, 1.165) is 48.8 Å². The maximum atomic E-state index is 12.9. The van der Waals surface area contributed by atoms with Gasteiger partial charge in [0, 0.05) is 10.6 Å². The maximum Gasteiger partial charge on any atom is 0.241 e. The molecule has 1 N–H and O–H groups in total. The molecule has 0 spiro atoms. The van der Waals surface area contributed by atoms with Crippen LogP contribution in [0.25, 0.3) is 0 Å². The largest absolute Gasteiger partial charge is 0.349 e. The Balaban J connectivity index is 1.54. The molecule has 1 amide bonds. The normalized spacial score (nSPS) is 31.7. The number of amides is 1. The zero-order valence-corrected chi connectivity index (χ0v) is 17.4. The van der Waals surface area contributed by atoms with E-state index in [-0.39, 0.29) is 18.0 Å². The molecule has 4 aliphatic rings. The summed E-state index contributed by atoms with van der Waals surface area (Å²) < 4.78 is 26.0. The van der Waals surface area contributed by atoms with E-state index >= 15 is 0 Å². The summed E-state index contributed by atoms with van der Waals surface area (Å²) in [5.74, 6) is 1.94. The predicted octanol–water partition coefficient (Wildman–Crippen LogP) is 3.50. The Morgan fingerprint density at radius 1 is 1.19 bits per heavy atom. The van der Waals surface area contributed by atoms with Gasteiger partial charge < -0.3 is 5.32 Å². The van der Waals surface area contributed by atoms with Gasteiger partial charge in [-0.1, -0.05) is 17.7 Å². The van der Waals surface area contributed by atoms with Gasteiger partial charge in [-0.25, -0.2) is 8.42 Å². The molecule has 0 heterocycles. The summed E-state index contributed by atoms with van der Waals surface area (Å²) in [6, 6.07) is 5.10. The zero-order valence-electron chi connectivity index (χ0n) is 15.9. The molecule has 5 rings (SSSR count). The Kier molecular flexibility index (Phi) is 4.70. The van der Waals surface area contributed by atoms with Crippen molar-refractivity contribution in [1.82, 2.24) is 5.32 Å². The van der Waals surface area contributed by atoms with Crippen LogP contribution < -0.4 is 9.62 Å². The lowest BCUT2D eigenvalue weighted by Gasteiger charge is -2.57. The maximum absolute atomic E-state index is 12.9. The molecule has 1 aromatic carbocycles. The second kappa shape index (κ2) is 6.66.